The van der Waals surface area contributed by atoms with Crippen LogP contribution in [0, 0.1) is 23.2 Å². The van der Waals surface area contributed by atoms with Gasteiger partial charge in [-0.1, -0.05) is 24.0 Å². The quantitative estimate of drug-likeness (QED) is 0.301. The van der Waals surface area contributed by atoms with Gasteiger partial charge in [0.2, 0.25) is 11.9 Å². The standard InChI is InChI=1S/C26H28FN5O3/c1-26(2,35)11-10-17-4-6-20-7-8-21(24(33)32(3)22(20)13-17)31-25(34)30-16-19(14-28)12-18-5-9-23(27)29-15-18/h4-6,9,13-16,21,28,35H,7-8,12H2,1-3H3,(H2,30,31,34)/b19-16-,28-14?/t21-/m1/s1. The Bertz CT molecular complexity index is 1210. The number of carbonyl (C=O) groups is 2. The Morgan fingerprint density at radius 1 is 1.37 bits per heavy atom. The summed E-state index contributed by atoms with van der Waals surface area (Å²) < 4.78 is 13.0. The van der Waals surface area contributed by atoms with Gasteiger partial charge in [-0.15, -0.1) is 0 Å². The molecule has 1 aliphatic heterocycles. The molecule has 1 aromatic carbocycles. The highest BCUT2D eigenvalue weighted by molar-refractivity contribution is 6.00. The van der Waals surface area contributed by atoms with E-state index in [0.29, 0.717) is 35.2 Å². The van der Waals surface area contributed by atoms with Crippen molar-refractivity contribution in [3.8, 4) is 11.8 Å². The fourth-order valence-corrected chi connectivity index (χ4v) is 3.55. The second-order valence-corrected chi connectivity index (χ2v) is 8.79. The Balaban J connectivity index is 1.66. The average molecular weight is 478 g/mol. The van der Waals surface area contributed by atoms with Crippen LogP contribution in [0.15, 0.2) is 48.3 Å². The van der Waals surface area contributed by atoms with E-state index in [1.807, 2.05) is 12.1 Å². The van der Waals surface area contributed by atoms with E-state index in [1.54, 1.807) is 33.0 Å². The van der Waals surface area contributed by atoms with E-state index in [1.165, 1.54) is 23.4 Å². The van der Waals surface area contributed by atoms with Gasteiger partial charge in [0.15, 0.2) is 0 Å². The summed E-state index contributed by atoms with van der Waals surface area (Å²) in [6.07, 6.45) is 5.11. The molecule has 182 valence electrons. The molecule has 8 nitrogen and oxygen atoms in total. The van der Waals surface area contributed by atoms with Gasteiger partial charge in [-0.2, -0.15) is 4.39 Å². The maximum Gasteiger partial charge on any atom is 0.319 e. The molecule has 4 N–H and O–H groups in total. The number of benzene rings is 1. The van der Waals surface area contributed by atoms with Crippen LogP contribution in [0.5, 0.6) is 0 Å². The number of nitrogens with one attached hydrogen (secondary N) is 3. The summed E-state index contributed by atoms with van der Waals surface area (Å²) in [6, 6.07) is 7.02. The van der Waals surface area contributed by atoms with E-state index < -0.39 is 23.6 Å². The monoisotopic (exact) mass is 477 g/mol. The fourth-order valence-electron chi connectivity index (χ4n) is 3.55. The highest BCUT2D eigenvalue weighted by atomic mass is 19.1. The van der Waals surface area contributed by atoms with Crippen LogP contribution in [-0.4, -0.2) is 46.9 Å². The first-order valence-corrected chi connectivity index (χ1v) is 11.1. The molecule has 2 heterocycles. The molecule has 0 unspecified atom stereocenters. The number of rotatable bonds is 5. The number of fused-ring (bicyclic) bond motifs is 1. The molecular formula is C26H28FN5O3. The van der Waals surface area contributed by atoms with Crippen LogP contribution in [0.4, 0.5) is 14.9 Å². The second-order valence-electron chi connectivity index (χ2n) is 8.79. The first-order chi connectivity index (χ1) is 16.6. The number of allylic oxidation sites excluding steroid dienone is 1. The number of aliphatic hydroxyl groups is 1. The number of hydrogen-bond acceptors (Lipinski definition) is 5. The van der Waals surface area contributed by atoms with E-state index in [-0.39, 0.29) is 12.3 Å². The number of amides is 3. The van der Waals surface area contributed by atoms with Gasteiger partial charge >= 0.3 is 6.03 Å². The SMILES string of the molecule is CN1C(=O)[C@H](NC(=O)N/C=C(\C=N)Cc2ccc(F)nc2)CCc2ccc(C#CC(C)(C)O)cc21. The van der Waals surface area contributed by atoms with Crippen molar-refractivity contribution in [2.24, 2.45) is 0 Å². The molecule has 3 amide bonds. The topological polar surface area (TPSA) is 118 Å². The molecule has 0 aliphatic carbocycles. The number of aromatic nitrogens is 1. The summed E-state index contributed by atoms with van der Waals surface area (Å²) in [5.74, 6) is 4.83. The summed E-state index contributed by atoms with van der Waals surface area (Å²) in [5, 5.41) is 22.6. The third-order valence-corrected chi connectivity index (χ3v) is 5.37. The third kappa shape index (κ3) is 7.22. The molecule has 1 aromatic heterocycles. The van der Waals surface area contributed by atoms with Crippen molar-refractivity contribution in [2.75, 3.05) is 11.9 Å². The van der Waals surface area contributed by atoms with Crippen molar-refractivity contribution in [3.63, 3.8) is 0 Å². The number of carbonyl (C=O) groups excluding carboxylic acids is 2. The lowest BCUT2D eigenvalue weighted by Crippen LogP contribution is -2.49. The Morgan fingerprint density at radius 2 is 2.14 bits per heavy atom. The zero-order chi connectivity index (χ0) is 25.6. The predicted molar refractivity (Wildman–Crippen MR) is 132 cm³/mol. The molecule has 0 bridgehead atoms. The van der Waals surface area contributed by atoms with Crippen molar-refractivity contribution in [3.05, 3.63) is 70.9 Å². The van der Waals surface area contributed by atoms with E-state index >= 15 is 0 Å². The Hall–Kier alpha value is -4.03. The van der Waals surface area contributed by atoms with Crippen LogP contribution in [-0.2, 0) is 17.6 Å². The zero-order valence-electron chi connectivity index (χ0n) is 19.9. The van der Waals surface area contributed by atoms with Gasteiger partial charge in [-0.05, 0) is 61.6 Å². The van der Waals surface area contributed by atoms with Crippen LogP contribution in [0.1, 0.15) is 37.0 Å². The van der Waals surface area contributed by atoms with Gasteiger partial charge in [-0.3, -0.25) is 4.79 Å². The average Bonchev–Trinajstić information content (AvgIpc) is 2.93. The molecule has 2 aromatic rings. The summed E-state index contributed by atoms with van der Waals surface area (Å²) in [7, 11) is 1.65. The summed E-state index contributed by atoms with van der Waals surface area (Å²) in [4.78, 5) is 30.6. The first kappa shape index (κ1) is 25.6. The van der Waals surface area contributed by atoms with Crippen molar-refractivity contribution in [2.45, 2.75) is 44.8 Å². The van der Waals surface area contributed by atoms with Gasteiger partial charge in [0.25, 0.3) is 0 Å². The van der Waals surface area contributed by atoms with Crippen LogP contribution >= 0.6 is 0 Å². The highest BCUT2D eigenvalue weighted by Crippen LogP contribution is 2.27. The van der Waals surface area contributed by atoms with Crippen LogP contribution in [0.3, 0.4) is 0 Å². The number of urea groups is 1. The number of likely N-dealkylation sites (N-methyl/N-ethyl adjacent to an activating group) is 1. The third-order valence-electron chi connectivity index (χ3n) is 5.37. The molecule has 0 saturated heterocycles. The lowest BCUT2D eigenvalue weighted by molar-refractivity contribution is -0.120. The van der Waals surface area contributed by atoms with Crippen molar-refractivity contribution in [1.29, 1.82) is 5.41 Å². The Kier molecular flexibility index (Phi) is 7.99. The minimum absolute atomic E-state index is 0.264. The maximum absolute atomic E-state index is 13.1. The molecule has 0 spiro atoms. The van der Waals surface area contributed by atoms with Crippen LogP contribution < -0.4 is 15.5 Å². The molecule has 3 rings (SSSR count). The number of nitrogens with zero attached hydrogens (tertiary/aromatic N) is 2. The van der Waals surface area contributed by atoms with Crippen LogP contribution in [0.2, 0.25) is 0 Å². The van der Waals surface area contributed by atoms with Crippen molar-refractivity contribution >= 4 is 23.8 Å². The minimum Gasteiger partial charge on any atom is -0.378 e. The predicted octanol–water partition coefficient (Wildman–Crippen LogP) is 2.70. The fraction of sp³-hybridized carbons (Fsp3) is 0.308. The lowest BCUT2D eigenvalue weighted by atomic mass is 10.0. The maximum atomic E-state index is 13.1. The van der Waals surface area contributed by atoms with Crippen molar-refractivity contribution in [1.82, 2.24) is 15.6 Å². The zero-order valence-corrected chi connectivity index (χ0v) is 19.9. The molecular weight excluding hydrogens is 449 g/mol. The second kappa shape index (κ2) is 10.9. The number of pyridine rings is 1. The smallest absolute Gasteiger partial charge is 0.319 e. The van der Waals surface area contributed by atoms with Gasteiger partial charge in [0.1, 0.15) is 11.6 Å². The molecule has 1 aliphatic rings. The molecule has 0 radical (unpaired) electrons. The lowest BCUT2D eigenvalue weighted by Gasteiger charge is -2.22. The number of halogens is 1. The largest absolute Gasteiger partial charge is 0.378 e. The number of anilines is 1. The highest BCUT2D eigenvalue weighted by Gasteiger charge is 2.29. The van der Waals surface area contributed by atoms with Gasteiger partial charge in [0, 0.05) is 43.3 Å². The molecule has 0 saturated carbocycles. The van der Waals surface area contributed by atoms with E-state index in [2.05, 4.69) is 27.5 Å². The van der Waals surface area contributed by atoms with Crippen molar-refractivity contribution < 1.29 is 19.1 Å². The minimum atomic E-state index is -1.13. The Morgan fingerprint density at radius 3 is 2.80 bits per heavy atom. The van der Waals surface area contributed by atoms with E-state index in [9.17, 15) is 19.1 Å². The number of hydrogen-bond donors (Lipinski definition) is 4. The normalized spacial score (nSPS) is 15.9. The van der Waals surface area contributed by atoms with Gasteiger partial charge in [0.05, 0.1) is 0 Å². The van der Waals surface area contributed by atoms with Gasteiger partial charge in [-0.25, -0.2) is 9.78 Å². The summed E-state index contributed by atoms with van der Waals surface area (Å²) in [6.45, 7) is 3.20. The summed E-state index contributed by atoms with van der Waals surface area (Å²) >= 11 is 0. The summed E-state index contributed by atoms with van der Waals surface area (Å²) in [5.41, 5.74) is 2.38. The van der Waals surface area contributed by atoms with Gasteiger partial charge < -0.3 is 26.0 Å². The number of aryl methyl sites for hydroxylation is 1. The van der Waals surface area contributed by atoms with E-state index in [4.69, 9.17) is 5.41 Å². The molecule has 9 heteroatoms. The van der Waals surface area contributed by atoms with Crippen LogP contribution in [0.25, 0.3) is 0 Å². The Labute approximate surface area is 203 Å². The van der Waals surface area contributed by atoms with E-state index in [0.717, 1.165) is 11.8 Å². The molecule has 0 fully saturated rings. The molecule has 35 heavy (non-hydrogen) atoms. The molecule has 1 atom stereocenters. The first-order valence-electron chi connectivity index (χ1n) is 11.1.